The molecule has 166 valence electrons. The highest BCUT2D eigenvalue weighted by molar-refractivity contribution is 7.13. The number of pyridine rings is 1. The summed E-state index contributed by atoms with van der Waals surface area (Å²) >= 11 is 1.67. The molecule has 0 atom stereocenters. The van der Waals surface area contributed by atoms with Crippen LogP contribution in [0.25, 0.3) is 21.7 Å². The third-order valence-corrected chi connectivity index (χ3v) is 7.69. The third-order valence-electron chi connectivity index (χ3n) is 6.82. The summed E-state index contributed by atoms with van der Waals surface area (Å²) in [5.41, 5.74) is 8.39. The van der Waals surface area contributed by atoms with Crippen LogP contribution in [0.5, 0.6) is 0 Å². The highest BCUT2D eigenvalue weighted by Gasteiger charge is 2.45. The molecule has 3 aromatic rings. The average Bonchev–Trinajstić information content (AvgIpc) is 3.40. The van der Waals surface area contributed by atoms with Crippen molar-refractivity contribution >= 4 is 23.2 Å². The zero-order valence-electron chi connectivity index (χ0n) is 18.1. The molecule has 8 heteroatoms. The predicted octanol–water partition coefficient (Wildman–Crippen LogP) is 3.58. The number of nitrogens with zero attached hydrogens (tertiary/aromatic N) is 5. The molecule has 2 aliphatic rings. The van der Waals surface area contributed by atoms with E-state index in [-0.39, 0.29) is 5.91 Å². The Morgan fingerprint density at radius 2 is 1.78 bits per heavy atom. The fourth-order valence-corrected chi connectivity index (χ4v) is 5.71. The number of primary amides is 1. The first-order valence-electron chi connectivity index (χ1n) is 11.3. The Morgan fingerprint density at radius 1 is 1.03 bits per heavy atom. The summed E-state index contributed by atoms with van der Waals surface area (Å²) in [6, 6.07) is 8.09. The van der Waals surface area contributed by atoms with Crippen LogP contribution in [0.3, 0.4) is 0 Å². The maximum Gasteiger partial charge on any atom is 0.238 e. The van der Waals surface area contributed by atoms with Crippen LogP contribution in [0.1, 0.15) is 32.1 Å². The quantitative estimate of drug-likeness (QED) is 0.642. The number of rotatable bonds is 5. The van der Waals surface area contributed by atoms with Gasteiger partial charge in [-0.15, -0.1) is 11.3 Å². The maximum atomic E-state index is 12.6. The van der Waals surface area contributed by atoms with Gasteiger partial charge in [0.25, 0.3) is 0 Å². The maximum absolute atomic E-state index is 12.6. The lowest BCUT2D eigenvalue weighted by Crippen LogP contribution is -2.63. The Balaban J connectivity index is 1.42. The number of amides is 1. The monoisotopic (exact) mass is 448 g/mol. The first-order chi connectivity index (χ1) is 15.7. The molecule has 0 bridgehead atoms. The molecule has 7 nitrogen and oxygen atoms in total. The summed E-state index contributed by atoms with van der Waals surface area (Å²) in [4.78, 5) is 32.0. The van der Waals surface area contributed by atoms with E-state index in [0.717, 1.165) is 60.7 Å². The lowest BCUT2D eigenvalue weighted by molar-refractivity contribution is -0.132. The van der Waals surface area contributed by atoms with Crippen molar-refractivity contribution in [1.82, 2.24) is 19.9 Å². The number of anilines is 1. The van der Waals surface area contributed by atoms with Gasteiger partial charge < -0.3 is 10.6 Å². The van der Waals surface area contributed by atoms with Crippen LogP contribution in [0, 0.1) is 0 Å². The number of aromatic nitrogens is 3. The molecular formula is C24H28N6OS. The summed E-state index contributed by atoms with van der Waals surface area (Å²) in [5, 5.41) is 2.06. The van der Waals surface area contributed by atoms with Crippen LogP contribution in [0.4, 0.5) is 5.95 Å². The number of nitrogens with two attached hydrogens (primary N) is 1. The van der Waals surface area contributed by atoms with Gasteiger partial charge in [-0.1, -0.05) is 12.5 Å². The van der Waals surface area contributed by atoms with Gasteiger partial charge in [0.15, 0.2) is 0 Å². The molecule has 5 rings (SSSR count). The molecule has 0 spiro atoms. The highest BCUT2D eigenvalue weighted by atomic mass is 32.1. The molecule has 32 heavy (non-hydrogen) atoms. The number of hydrogen-bond acceptors (Lipinski definition) is 7. The summed E-state index contributed by atoms with van der Waals surface area (Å²) in [6.45, 7) is 3.36. The smallest absolute Gasteiger partial charge is 0.238 e. The highest BCUT2D eigenvalue weighted by Crippen LogP contribution is 2.36. The standard InChI is InChI=1S/C24H28N6OS/c25-22(31)24(30-12-2-1-3-13-30)8-14-29(15-9-24)23-27-17-19(18-6-10-26-11-7-18)21(28-23)20-5-4-16-32-20/h4-7,10-11,16-17H,1-3,8-9,12-15H2,(H2,25,31). The van der Waals surface area contributed by atoms with Crippen LogP contribution in [-0.4, -0.2) is 57.5 Å². The first-order valence-corrected chi connectivity index (χ1v) is 12.2. The zero-order chi connectivity index (χ0) is 22.0. The second-order valence-corrected chi connectivity index (χ2v) is 9.52. The van der Waals surface area contributed by atoms with Crippen LogP contribution < -0.4 is 10.6 Å². The van der Waals surface area contributed by atoms with E-state index in [0.29, 0.717) is 18.8 Å². The average molecular weight is 449 g/mol. The summed E-state index contributed by atoms with van der Waals surface area (Å²) in [7, 11) is 0. The second-order valence-electron chi connectivity index (χ2n) is 8.58. The minimum atomic E-state index is -0.537. The second kappa shape index (κ2) is 8.96. The molecule has 2 N–H and O–H groups in total. The molecule has 0 radical (unpaired) electrons. The Kier molecular flexibility index (Phi) is 5.89. The molecule has 2 saturated heterocycles. The molecule has 0 aliphatic carbocycles. The van der Waals surface area contributed by atoms with Gasteiger partial charge in [0.05, 0.1) is 10.6 Å². The topological polar surface area (TPSA) is 88.2 Å². The number of piperidine rings is 2. The molecular weight excluding hydrogens is 420 g/mol. The predicted molar refractivity (Wildman–Crippen MR) is 127 cm³/mol. The number of thiophene rings is 1. The Hall–Kier alpha value is -2.84. The van der Waals surface area contributed by atoms with Crippen LogP contribution >= 0.6 is 11.3 Å². The summed E-state index contributed by atoms with van der Waals surface area (Å²) in [5.74, 6) is 0.523. The zero-order valence-corrected chi connectivity index (χ0v) is 18.9. The van der Waals surface area contributed by atoms with Gasteiger partial charge in [-0.25, -0.2) is 9.97 Å². The molecule has 0 aromatic carbocycles. The lowest BCUT2D eigenvalue weighted by atomic mass is 9.83. The van der Waals surface area contributed by atoms with E-state index >= 15 is 0 Å². The van der Waals surface area contributed by atoms with Crippen molar-refractivity contribution in [3.8, 4) is 21.7 Å². The van der Waals surface area contributed by atoms with E-state index in [4.69, 9.17) is 15.7 Å². The van der Waals surface area contributed by atoms with Gasteiger partial charge in [0.2, 0.25) is 11.9 Å². The van der Waals surface area contributed by atoms with Crippen molar-refractivity contribution in [2.45, 2.75) is 37.6 Å². The van der Waals surface area contributed by atoms with Gasteiger partial charge in [-0.2, -0.15) is 0 Å². The fraction of sp³-hybridized carbons (Fsp3) is 0.417. The number of hydrogen-bond donors (Lipinski definition) is 1. The molecule has 2 fully saturated rings. The van der Waals surface area contributed by atoms with Crippen molar-refractivity contribution in [2.75, 3.05) is 31.1 Å². The number of carbonyl (C=O) groups excluding carboxylic acids is 1. The molecule has 3 aromatic heterocycles. The molecule has 0 unspecified atom stereocenters. The molecule has 1 amide bonds. The van der Waals surface area contributed by atoms with Crippen molar-refractivity contribution in [3.63, 3.8) is 0 Å². The van der Waals surface area contributed by atoms with E-state index in [1.807, 2.05) is 24.4 Å². The normalized spacial score (nSPS) is 19.1. The van der Waals surface area contributed by atoms with E-state index in [1.165, 1.54) is 6.42 Å². The van der Waals surface area contributed by atoms with Crippen molar-refractivity contribution < 1.29 is 4.79 Å². The van der Waals surface area contributed by atoms with Crippen molar-refractivity contribution in [3.05, 3.63) is 48.2 Å². The Labute approximate surface area is 192 Å². The third kappa shape index (κ3) is 3.89. The number of carbonyl (C=O) groups is 1. The summed E-state index contributed by atoms with van der Waals surface area (Å²) in [6.07, 6.45) is 10.4. The molecule has 2 aliphatic heterocycles. The molecule has 5 heterocycles. The largest absolute Gasteiger partial charge is 0.368 e. The number of likely N-dealkylation sites (tertiary alicyclic amines) is 1. The summed E-state index contributed by atoms with van der Waals surface area (Å²) < 4.78 is 0. The Bertz CT molecular complexity index is 1060. The van der Waals surface area contributed by atoms with E-state index < -0.39 is 5.54 Å². The van der Waals surface area contributed by atoms with Gasteiger partial charge in [0, 0.05) is 37.2 Å². The van der Waals surface area contributed by atoms with Crippen LogP contribution in [0.15, 0.2) is 48.2 Å². The first kappa shape index (κ1) is 21.0. The van der Waals surface area contributed by atoms with E-state index in [2.05, 4.69) is 26.2 Å². The van der Waals surface area contributed by atoms with E-state index in [9.17, 15) is 4.79 Å². The van der Waals surface area contributed by atoms with Gasteiger partial charge >= 0.3 is 0 Å². The van der Waals surface area contributed by atoms with Gasteiger partial charge in [-0.05, 0) is 67.9 Å². The fourth-order valence-electron chi connectivity index (χ4n) is 4.99. The van der Waals surface area contributed by atoms with Crippen molar-refractivity contribution in [2.24, 2.45) is 5.73 Å². The minimum Gasteiger partial charge on any atom is -0.368 e. The van der Waals surface area contributed by atoms with Gasteiger partial charge in [0.1, 0.15) is 5.54 Å². The minimum absolute atomic E-state index is 0.188. The van der Waals surface area contributed by atoms with E-state index in [1.54, 1.807) is 23.7 Å². The SMILES string of the molecule is NC(=O)C1(N2CCCCC2)CCN(c2ncc(-c3ccncc3)c(-c3cccs3)n2)CC1. The Morgan fingerprint density at radius 3 is 2.44 bits per heavy atom. The molecule has 0 saturated carbocycles. The van der Waals surface area contributed by atoms with Gasteiger partial charge in [-0.3, -0.25) is 14.7 Å². The van der Waals surface area contributed by atoms with Crippen LogP contribution in [0.2, 0.25) is 0 Å². The van der Waals surface area contributed by atoms with Crippen molar-refractivity contribution in [1.29, 1.82) is 0 Å². The lowest BCUT2D eigenvalue weighted by Gasteiger charge is -2.48. The van der Waals surface area contributed by atoms with Crippen LogP contribution in [-0.2, 0) is 4.79 Å².